The van der Waals surface area contributed by atoms with Gasteiger partial charge in [0.15, 0.2) is 0 Å². The number of rotatable bonds is 4. The van der Waals surface area contributed by atoms with Gasteiger partial charge >= 0.3 is 6.09 Å². The smallest absolute Gasteiger partial charge is 0.410 e. The van der Waals surface area contributed by atoms with Crippen molar-refractivity contribution >= 4 is 40.8 Å². The van der Waals surface area contributed by atoms with E-state index >= 15 is 0 Å². The Morgan fingerprint density at radius 3 is 2.56 bits per heavy atom. The SMILES string of the molecule is C=C(/C=c1\c(=C/N)[nH]c2ncc(-c3ccnc(N4CCN(C(=O)OC(C)(C)C)CC4)c3)cc12)c1cccnc1. The highest BCUT2D eigenvalue weighted by Crippen LogP contribution is 2.25. The van der Waals surface area contributed by atoms with E-state index in [1.54, 1.807) is 23.5 Å². The van der Waals surface area contributed by atoms with Gasteiger partial charge in [-0.1, -0.05) is 12.6 Å². The van der Waals surface area contributed by atoms with E-state index in [-0.39, 0.29) is 6.09 Å². The summed E-state index contributed by atoms with van der Waals surface area (Å²) in [5.74, 6) is 0.859. The van der Waals surface area contributed by atoms with E-state index in [0.717, 1.165) is 49.7 Å². The van der Waals surface area contributed by atoms with Crippen molar-refractivity contribution in [1.82, 2.24) is 24.8 Å². The highest BCUT2D eigenvalue weighted by Gasteiger charge is 2.26. The number of hydrogen-bond acceptors (Lipinski definition) is 7. The molecule has 5 rings (SSSR count). The van der Waals surface area contributed by atoms with Gasteiger partial charge in [0, 0.05) is 73.3 Å². The Morgan fingerprint density at radius 1 is 1.08 bits per heavy atom. The second kappa shape index (κ2) is 10.6. The van der Waals surface area contributed by atoms with Crippen molar-refractivity contribution in [3.05, 3.63) is 77.8 Å². The summed E-state index contributed by atoms with van der Waals surface area (Å²) in [5.41, 5.74) is 9.91. The number of aromatic nitrogens is 4. The van der Waals surface area contributed by atoms with Crippen molar-refractivity contribution < 1.29 is 9.53 Å². The van der Waals surface area contributed by atoms with E-state index < -0.39 is 5.60 Å². The molecule has 0 aliphatic carbocycles. The number of H-pyrrole nitrogens is 1. The summed E-state index contributed by atoms with van der Waals surface area (Å²) in [5, 5.41) is 2.64. The summed E-state index contributed by atoms with van der Waals surface area (Å²) < 4.78 is 5.52. The Morgan fingerprint density at radius 2 is 1.87 bits per heavy atom. The molecule has 0 saturated carbocycles. The normalized spacial score (nSPS) is 15.2. The number of allylic oxidation sites excluding steroid dienone is 1. The standard InChI is InChI=1S/C30H33N7O2/c1-20(22-6-5-8-32-18-22)14-24-25-15-23(19-34-28(25)35-26(24)17-31)21-7-9-33-27(16-21)36-10-12-37(13-11-36)29(38)39-30(2,3)4/h5-9,14-19H,1,10-13,31H2,2-4H3,(H,34,35)/b24-14-,26-17+. The zero-order valence-corrected chi connectivity index (χ0v) is 22.5. The molecular weight excluding hydrogens is 490 g/mol. The number of anilines is 1. The molecule has 200 valence electrons. The van der Waals surface area contributed by atoms with Gasteiger partial charge in [0.1, 0.15) is 17.1 Å². The summed E-state index contributed by atoms with van der Waals surface area (Å²) >= 11 is 0. The minimum absolute atomic E-state index is 0.275. The van der Waals surface area contributed by atoms with E-state index in [4.69, 9.17) is 10.5 Å². The fraction of sp³-hybridized carbons (Fsp3) is 0.267. The molecule has 1 amide bonds. The fourth-order valence-corrected chi connectivity index (χ4v) is 4.58. The van der Waals surface area contributed by atoms with Crippen molar-refractivity contribution in [1.29, 1.82) is 0 Å². The average molecular weight is 524 g/mol. The molecule has 1 aliphatic heterocycles. The number of nitrogens with one attached hydrogen (secondary N) is 1. The molecule has 1 saturated heterocycles. The third kappa shape index (κ3) is 5.77. The van der Waals surface area contributed by atoms with Crippen LogP contribution in [0.25, 0.3) is 40.0 Å². The lowest BCUT2D eigenvalue weighted by Gasteiger charge is -2.36. The maximum absolute atomic E-state index is 12.4. The molecule has 0 atom stereocenters. The number of nitrogens with two attached hydrogens (primary N) is 1. The van der Waals surface area contributed by atoms with Gasteiger partial charge in [0.25, 0.3) is 0 Å². The summed E-state index contributed by atoms with van der Waals surface area (Å²) in [7, 11) is 0. The number of pyridine rings is 3. The Labute approximate surface area is 227 Å². The number of ether oxygens (including phenoxy) is 1. The van der Waals surface area contributed by atoms with E-state index in [2.05, 4.69) is 43.5 Å². The van der Waals surface area contributed by atoms with Crippen molar-refractivity contribution in [2.24, 2.45) is 5.73 Å². The Balaban J connectivity index is 1.41. The predicted octanol–water partition coefficient (Wildman–Crippen LogP) is 3.27. The molecule has 4 aromatic rings. The lowest BCUT2D eigenvalue weighted by atomic mass is 10.1. The molecule has 0 unspecified atom stereocenters. The van der Waals surface area contributed by atoms with Crippen molar-refractivity contribution in [2.75, 3.05) is 31.1 Å². The molecular formula is C30H33N7O2. The monoisotopic (exact) mass is 523 g/mol. The molecule has 0 radical (unpaired) electrons. The minimum atomic E-state index is -0.509. The number of fused-ring (bicyclic) bond motifs is 1. The van der Waals surface area contributed by atoms with Crippen LogP contribution in [0.1, 0.15) is 26.3 Å². The number of carbonyl (C=O) groups is 1. The summed E-state index contributed by atoms with van der Waals surface area (Å²) in [4.78, 5) is 33.2. The Kier molecular flexibility index (Phi) is 7.06. The Bertz CT molecular complexity index is 1630. The van der Waals surface area contributed by atoms with Crippen LogP contribution in [0.5, 0.6) is 0 Å². The average Bonchev–Trinajstić information content (AvgIpc) is 3.29. The highest BCUT2D eigenvalue weighted by molar-refractivity contribution is 5.92. The molecule has 3 N–H and O–H groups in total. The van der Waals surface area contributed by atoms with E-state index in [1.807, 2.05) is 57.4 Å². The third-order valence-corrected chi connectivity index (χ3v) is 6.57. The van der Waals surface area contributed by atoms with Crippen molar-refractivity contribution in [2.45, 2.75) is 26.4 Å². The second-order valence-corrected chi connectivity index (χ2v) is 10.5. The van der Waals surface area contributed by atoms with Crippen molar-refractivity contribution in [3.8, 4) is 11.1 Å². The van der Waals surface area contributed by atoms with Gasteiger partial charge in [-0.25, -0.2) is 14.8 Å². The number of nitrogens with zero attached hydrogens (tertiary/aromatic N) is 5. The lowest BCUT2D eigenvalue weighted by molar-refractivity contribution is 0.0240. The van der Waals surface area contributed by atoms with Crippen LogP contribution in [0.3, 0.4) is 0 Å². The van der Waals surface area contributed by atoms with Gasteiger partial charge in [-0.2, -0.15) is 0 Å². The van der Waals surface area contributed by atoms with Crippen LogP contribution < -0.4 is 21.2 Å². The van der Waals surface area contributed by atoms with E-state index in [9.17, 15) is 4.79 Å². The van der Waals surface area contributed by atoms with Gasteiger partial charge in [0.05, 0.1) is 5.35 Å². The summed E-state index contributed by atoms with van der Waals surface area (Å²) in [6.45, 7) is 12.4. The van der Waals surface area contributed by atoms with E-state index in [0.29, 0.717) is 26.2 Å². The Hall–Kier alpha value is -4.66. The number of amides is 1. The highest BCUT2D eigenvalue weighted by atomic mass is 16.6. The first-order valence-electron chi connectivity index (χ1n) is 12.9. The van der Waals surface area contributed by atoms with Gasteiger partial charge in [-0.05, 0) is 67.8 Å². The molecule has 9 heteroatoms. The predicted molar refractivity (Wildman–Crippen MR) is 155 cm³/mol. The first kappa shape index (κ1) is 26.0. The van der Waals surface area contributed by atoms with Crippen LogP contribution in [0, 0.1) is 0 Å². The molecule has 9 nitrogen and oxygen atoms in total. The zero-order valence-electron chi connectivity index (χ0n) is 22.5. The molecule has 4 aromatic heterocycles. The molecule has 0 spiro atoms. The topological polar surface area (TPSA) is 113 Å². The molecule has 0 bridgehead atoms. The molecule has 1 aliphatic rings. The van der Waals surface area contributed by atoms with Crippen LogP contribution in [-0.4, -0.2) is 62.7 Å². The number of hydrogen-bond donors (Lipinski definition) is 2. The van der Waals surface area contributed by atoms with Gasteiger partial charge in [0.2, 0.25) is 0 Å². The number of piperazine rings is 1. The molecule has 39 heavy (non-hydrogen) atoms. The first-order chi connectivity index (χ1) is 18.7. The van der Waals surface area contributed by atoms with Crippen LogP contribution in [0.2, 0.25) is 0 Å². The van der Waals surface area contributed by atoms with Gasteiger partial charge < -0.3 is 25.3 Å². The maximum atomic E-state index is 12.4. The lowest BCUT2D eigenvalue weighted by Crippen LogP contribution is -2.50. The minimum Gasteiger partial charge on any atom is -0.444 e. The molecule has 5 heterocycles. The van der Waals surface area contributed by atoms with Crippen LogP contribution in [0.4, 0.5) is 10.6 Å². The zero-order chi connectivity index (χ0) is 27.6. The third-order valence-electron chi connectivity index (χ3n) is 6.57. The van der Waals surface area contributed by atoms with Gasteiger partial charge in [-0.15, -0.1) is 0 Å². The van der Waals surface area contributed by atoms with Crippen molar-refractivity contribution in [3.63, 3.8) is 0 Å². The summed E-state index contributed by atoms with van der Waals surface area (Å²) in [6.07, 6.45) is 10.5. The first-order valence-corrected chi connectivity index (χ1v) is 12.9. The molecule has 1 fully saturated rings. The second-order valence-electron chi connectivity index (χ2n) is 10.5. The van der Waals surface area contributed by atoms with Crippen LogP contribution in [-0.2, 0) is 4.74 Å². The quantitative estimate of drug-likeness (QED) is 0.422. The van der Waals surface area contributed by atoms with E-state index in [1.165, 1.54) is 0 Å². The van der Waals surface area contributed by atoms with Crippen LogP contribution >= 0.6 is 0 Å². The number of aromatic amines is 1. The largest absolute Gasteiger partial charge is 0.444 e. The van der Waals surface area contributed by atoms with Gasteiger partial charge in [-0.3, -0.25) is 4.98 Å². The molecule has 0 aromatic carbocycles. The maximum Gasteiger partial charge on any atom is 0.410 e. The van der Waals surface area contributed by atoms with Crippen LogP contribution in [0.15, 0.2) is 61.7 Å². The fourth-order valence-electron chi connectivity index (χ4n) is 4.58. The summed E-state index contributed by atoms with van der Waals surface area (Å²) in [6, 6.07) is 10.0. The number of carbonyl (C=O) groups excluding carboxylic acids is 1.